The number of aliphatic carboxylic acids is 1. The van der Waals surface area contributed by atoms with Crippen LogP contribution in [0.15, 0.2) is 139 Å². The number of halogens is 5. The number of carboxylic acid groups (broad SMARTS) is 1. The van der Waals surface area contributed by atoms with E-state index in [0.717, 1.165) is 95.1 Å². The number of alkyl halides is 3. The van der Waals surface area contributed by atoms with E-state index in [0.29, 0.717) is 6.42 Å². The third-order valence-electron chi connectivity index (χ3n) is 25.8. The lowest BCUT2D eigenvalue weighted by Crippen LogP contribution is -2.64. The third kappa shape index (κ3) is 25.6. The molecule has 11 bridgehead atoms. The number of carbonyl (C=O) groups excluding carboxylic acids is 8. The minimum absolute atomic E-state index is 0. The zero-order chi connectivity index (χ0) is 105. The van der Waals surface area contributed by atoms with Gasteiger partial charge in [0.05, 0.1) is 58.4 Å². The number of anilines is 1. The second kappa shape index (κ2) is 47.0. The van der Waals surface area contributed by atoms with Gasteiger partial charge in [-0.25, -0.2) is 9.59 Å². The number of fused-ring (bicyclic) bond motifs is 15. The number of pyridine rings is 1. The number of aliphatic hydroxyl groups is 8. The Balaban J connectivity index is 0.0000178. The summed E-state index contributed by atoms with van der Waals surface area (Å²) in [5.74, 6) is -21.7. The first kappa shape index (κ1) is 111. The molecule has 8 aliphatic rings. The smallest absolute Gasteiger partial charge is 0.507 e. The number of nitrogens with two attached hydrogens (primary N) is 2. The van der Waals surface area contributed by atoms with Gasteiger partial charge in [-0.2, -0.15) is 4.98 Å². The van der Waals surface area contributed by atoms with Crippen LogP contribution in [-0.4, -0.2) is 259 Å². The van der Waals surface area contributed by atoms with Gasteiger partial charge in [0.2, 0.25) is 41.6 Å². The number of benzene rings is 6. The maximum Gasteiger partial charge on any atom is 0.573 e. The van der Waals surface area contributed by atoms with Crippen LogP contribution in [0.5, 0.6) is 51.7 Å². The number of aromatic hydroxyl groups is 3. The number of phenolic OH excluding ortho intramolecular Hbond substituents is 3. The van der Waals surface area contributed by atoms with Crippen LogP contribution in [0.25, 0.3) is 11.1 Å². The molecule has 146 heavy (non-hydrogen) atoms. The van der Waals surface area contributed by atoms with Crippen LogP contribution < -0.4 is 73.3 Å². The van der Waals surface area contributed by atoms with Crippen LogP contribution in [-0.2, 0) is 81.6 Å². The topological polar surface area (TPSA) is 663 Å². The summed E-state index contributed by atoms with van der Waals surface area (Å²) in [5.41, 5.74) is 7.86. The number of aromatic nitrogens is 3. The summed E-state index contributed by atoms with van der Waals surface area (Å²) in [6.07, 6.45) is -32.3. The number of amides is 6. The number of primary amides is 1. The van der Waals surface area contributed by atoms with Crippen molar-refractivity contribution in [3.8, 4) is 62.9 Å². The number of carboxylic acids is 1. The number of hydrogen-bond donors (Lipinski definition) is 21. The Morgan fingerprint density at radius 3 is 2.00 bits per heavy atom. The summed E-state index contributed by atoms with van der Waals surface area (Å²) in [6, 6.07) is 11.8. The number of phenols is 3. The molecule has 23 atom stereocenters. The zero-order valence-electron chi connectivity index (χ0n) is 78.2. The van der Waals surface area contributed by atoms with E-state index in [1.165, 1.54) is 45.3 Å². The van der Waals surface area contributed by atoms with E-state index >= 15 is 24.0 Å². The number of likely N-dealkylation sites (N-methyl/N-ethyl adjacent to an activating group) is 1. The van der Waals surface area contributed by atoms with E-state index in [1.54, 1.807) is 38.4 Å². The number of hydrogen-bond acceptors (Lipinski definition) is 35. The molecule has 3 saturated heterocycles. The van der Waals surface area contributed by atoms with Gasteiger partial charge >= 0.3 is 18.0 Å². The van der Waals surface area contributed by atoms with Crippen LogP contribution in [0.1, 0.15) is 166 Å². The molecule has 10 heterocycles. The van der Waals surface area contributed by atoms with Crippen molar-refractivity contribution in [2.45, 2.75) is 246 Å². The lowest BCUT2D eigenvalue weighted by atomic mass is 9.84. The fourth-order valence-corrected chi connectivity index (χ4v) is 18.6. The van der Waals surface area contributed by atoms with Crippen LogP contribution in [0.2, 0.25) is 10.0 Å². The van der Waals surface area contributed by atoms with Crippen molar-refractivity contribution < 1.29 is 160 Å². The SMILES string of the molecule is C.CN[C@H](CC(C)C)C(=O)NC1C(=O)C[C@@H](CC(N)=O)C(=O)N[C@H]2C(=O)C[C@H]3C(=O)N[C@H](C(=O)N[C@@H](C(=O)O)c4cc(O)c(CNCCc5ccncc5)c(O)c4-c4cc3ccc4O)[C@H](OC3C[C@](C)(N)[C@@H](O)[C@H](C)O3)c3ccc(c(Cl)c3)Oc3cc2cc(c3O[C@@H]2O[C@H](CO)[C@@H](O[C@@H]3O[C@H](CCCCn4ccc(NC(=O)c5ccc(OC(F)(F)F)cc5)nc4=O)[C@H](O)[C@H](O)[C@H]3O)[C@H](O)[C@H]2O)Oc2ccc(cc2Cl)[C@H]1O. The number of nitrogens with one attached hydrogen (secondary N) is 7. The Hall–Kier alpha value is -12.7. The van der Waals surface area contributed by atoms with Gasteiger partial charge in [0.25, 0.3) is 5.91 Å². The fraction of sp³-hybridized carbons (Fsp3) is 0.449. The lowest BCUT2D eigenvalue weighted by molar-refractivity contribution is -0.351. The molecule has 786 valence electrons. The molecule has 2 unspecified atom stereocenters. The van der Waals surface area contributed by atoms with Gasteiger partial charge in [0.15, 0.2) is 41.7 Å². The molecule has 16 rings (SSSR count). The number of aliphatic hydroxyl groups excluding tert-OH is 8. The minimum atomic E-state index is -4.99. The zero-order valence-corrected chi connectivity index (χ0v) is 79.7. The van der Waals surface area contributed by atoms with Gasteiger partial charge < -0.3 is 153 Å². The summed E-state index contributed by atoms with van der Waals surface area (Å²) < 4.78 is 94.8. The third-order valence-corrected chi connectivity index (χ3v) is 26.4. The molecule has 48 heteroatoms. The molecule has 0 radical (unpaired) electrons. The predicted molar refractivity (Wildman–Crippen MR) is 507 cm³/mol. The van der Waals surface area contributed by atoms with Crippen LogP contribution >= 0.6 is 23.2 Å². The van der Waals surface area contributed by atoms with E-state index in [-0.39, 0.29) is 98.7 Å². The normalized spacial score (nSPS) is 27.2. The van der Waals surface area contributed by atoms with Crippen LogP contribution in [0.3, 0.4) is 0 Å². The predicted octanol–water partition coefficient (Wildman–Crippen LogP) is 4.86. The first-order valence-corrected chi connectivity index (χ1v) is 46.9. The molecule has 0 saturated carbocycles. The van der Waals surface area contributed by atoms with Crippen molar-refractivity contribution >= 4 is 82.0 Å². The highest BCUT2D eigenvalue weighted by Crippen LogP contribution is 2.52. The Morgan fingerprint density at radius 1 is 0.712 bits per heavy atom. The fourth-order valence-electron chi connectivity index (χ4n) is 18.1. The molecule has 0 aliphatic carbocycles. The van der Waals surface area contributed by atoms with Crippen LogP contribution in [0.4, 0.5) is 19.0 Å². The quantitative estimate of drug-likeness (QED) is 0.0291. The van der Waals surface area contributed by atoms with E-state index in [2.05, 4.69) is 51.9 Å². The molecule has 23 N–H and O–H groups in total. The number of unbranched alkanes of at least 4 members (excludes halogenated alkanes) is 1. The summed E-state index contributed by atoms with van der Waals surface area (Å²) >= 11 is 14.6. The average molecular weight is 2080 g/mol. The first-order chi connectivity index (χ1) is 68.7. The highest BCUT2D eigenvalue weighted by Gasteiger charge is 2.54. The number of ether oxygens (including phenoxy) is 9. The van der Waals surface area contributed by atoms with Gasteiger partial charge in [-0.1, -0.05) is 62.7 Å². The molecule has 0 spiro atoms. The maximum atomic E-state index is 16.8. The Bertz CT molecular complexity index is 6200. The number of Topliss-reactive ketones (excluding diaryl/α,β-unsaturated/α-hetero) is 2. The Labute approximate surface area is 841 Å². The Kier molecular flexibility index (Phi) is 35.6. The molecule has 2 aromatic heterocycles. The maximum absolute atomic E-state index is 16.8. The van der Waals surface area contributed by atoms with E-state index in [9.17, 15) is 98.4 Å². The molecule has 6 aromatic carbocycles. The molecular weight excluding hydrogens is 1970 g/mol. The summed E-state index contributed by atoms with van der Waals surface area (Å²) in [7, 11) is 1.46. The highest BCUT2D eigenvalue weighted by atomic mass is 35.5. The van der Waals surface area contributed by atoms with Crippen molar-refractivity contribution in [1.82, 2.24) is 46.4 Å². The van der Waals surface area contributed by atoms with Gasteiger partial charge in [0.1, 0.15) is 113 Å². The standard InChI is InChI=1S/C97H109Cl2F3N12O31.CH4/c1-41(2)28-57(105-5)90(132)112-74-60(118)32-49(35-68(103)120)88(130)110-72-48-33-65(138-62-17-12-46(76(74)121)30-55(62)98)84(143-94-82(127)80(125)85(67(40-115)141-94)144-93-81(126)79(124)78(123)64(140-93)8-6-7-26-114-27-22-69(109-95(114)136)108-87(129)44-9-14-50(15-10-44)145-97(100,101)102)66(34-48)139-63-18-13-47(31-56(63)99)83(142-70-38-96(4,104)86(128)42(3)137-70)75-91(133)111-73(92(134)135)53-37-59(117)54(39-107-25-21-43-19-23-106-24-20-43)77(122)71(53)52-29-45(11-16-58(52)116)51(36-61(72)119)89(131)113-75;/h9-20,22-24,27,29-31,33-34,37,41-42,49,51,57,64,67,70,72-76,78-83,85-86,93-94,105,107,115-117,121-128H,6-8,21,25-26,28,32,35-36,38-40,104H2,1-5H3,(H2,103,120)(H,110,130)(H,111,133)(H,112,132)(H,113,131)(H,134,135)(H,108,109,129,136);1H4/t42-,49-,51+,57+,64+,67+,70?,72+,73+,74?,75-,76+,78-,79-,80+,81+,82+,83+,85+,86-,93-,94-,96-;/m0./s1. The summed E-state index contributed by atoms with van der Waals surface area (Å²) in [5, 5.41) is 161. The van der Waals surface area contributed by atoms with Gasteiger partial charge in [-0.15, -0.1) is 13.2 Å². The second-order valence-electron chi connectivity index (χ2n) is 36.8. The molecule has 8 aliphatic heterocycles. The number of aryl methyl sites for hydroxylation is 1. The van der Waals surface area contributed by atoms with Crippen molar-refractivity contribution in [3.63, 3.8) is 0 Å². The van der Waals surface area contributed by atoms with E-state index in [4.69, 9.17) is 72.6 Å². The molecular formula is C98H113Cl2F3N12O31. The molecule has 6 amide bonds. The number of nitrogens with zero attached hydrogens (tertiary/aromatic N) is 3. The number of rotatable bonds is 28. The Morgan fingerprint density at radius 2 is 1.37 bits per heavy atom. The molecule has 8 aromatic rings. The monoisotopic (exact) mass is 2080 g/mol. The van der Waals surface area contributed by atoms with Crippen molar-refractivity contribution in [2.75, 3.05) is 25.5 Å². The van der Waals surface area contributed by atoms with Crippen molar-refractivity contribution in [1.29, 1.82) is 0 Å². The lowest BCUT2D eigenvalue weighted by Gasteiger charge is -2.46. The highest BCUT2D eigenvalue weighted by molar-refractivity contribution is 6.32. The largest absolute Gasteiger partial charge is 0.573 e. The van der Waals surface area contributed by atoms with E-state index < -0.39 is 315 Å². The minimum Gasteiger partial charge on any atom is -0.507 e. The summed E-state index contributed by atoms with van der Waals surface area (Å²) in [4.78, 5) is 157. The van der Waals surface area contributed by atoms with Gasteiger partial charge in [-0.05, 0) is 190 Å². The average Bonchev–Trinajstić information content (AvgIpc) is 0.672. The van der Waals surface area contributed by atoms with Crippen LogP contribution in [0, 0.1) is 11.8 Å². The number of carbonyl (C=O) groups is 9. The molecule has 43 nitrogen and oxygen atoms in total. The van der Waals surface area contributed by atoms with Gasteiger partial charge in [-0.3, -0.25) is 47.9 Å². The second-order valence-corrected chi connectivity index (χ2v) is 37.6. The molecule has 3 fully saturated rings. The van der Waals surface area contributed by atoms with Crippen molar-refractivity contribution in [3.05, 3.63) is 199 Å². The first-order valence-electron chi connectivity index (χ1n) is 46.2. The van der Waals surface area contributed by atoms with Crippen molar-refractivity contribution in [2.24, 2.45) is 23.3 Å². The van der Waals surface area contributed by atoms with E-state index in [1.807, 2.05) is 0 Å². The number of ketones is 2. The van der Waals surface area contributed by atoms with Gasteiger partial charge in [0, 0.05) is 85.2 Å². The summed E-state index contributed by atoms with van der Waals surface area (Å²) in [6.45, 7) is 5.15.